The molecule has 0 aromatic heterocycles. The zero-order valence-electron chi connectivity index (χ0n) is 15.2. The number of carbonyl (C=O) groups excluding carboxylic acids is 1. The van der Waals surface area contributed by atoms with E-state index in [0.29, 0.717) is 5.69 Å². The molecule has 0 radical (unpaired) electrons. The Hall–Kier alpha value is -2.18. The zero-order valence-corrected chi connectivity index (χ0v) is 16.8. The van der Waals surface area contributed by atoms with Crippen LogP contribution in [0.4, 0.5) is 10.1 Å². The quantitative estimate of drug-likeness (QED) is 0.772. The van der Waals surface area contributed by atoms with E-state index in [1.165, 1.54) is 35.5 Å². The summed E-state index contributed by atoms with van der Waals surface area (Å²) in [6.07, 6.45) is 0. The predicted octanol–water partition coefficient (Wildman–Crippen LogP) is 5.10. The Morgan fingerprint density at radius 1 is 1.19 bits per heavy atom. The van der Waals surface area contributed by atoms with Crippen molar-refractivity contribution in [1.29, 1.82) is 0 Å². The number of thioether (sulfide) groups is 1. The topological polar surface area (TPSA) is 53.8 Å². The lowest BCUT2D eigenvalue weighted by atomic mass is 10.1. The molecule has 1 aliphatic heterocycles. The van der Waals surface area contributed by atoms with Gasteiger partial charge in [-0.25, -0.2) is 9.38 Å². The minimum atomic E-state index is -0.552. The van der Waals surface area contributed by atoms with Gasteiger partial charge in [0, 0.05) is 11.3 Å². The third-order valence-electron chi connectivity index (χ3n) is 3.83. The fraction of sp³-hybridized carbons (Fsp3) is 0.250. The number of aryl methyl sites for hydroxylation is 1. The van der Waals surface area contributed by atoms with Crippen molar-refractivity contribution < 1.29 is 9.18 Å². The Bertz CT molecular complexity index is 939. The van der Waals surface area contributed by atoms with Crippen LogP contribution in [0.15, 0.2) is 52.4 Å². The Labute approximate surface area is 166 Å². The molecule has 0 saturated heterocycles. The number of hydrogen-bond acceptors (Lipinski definition) is 4. The number of anilines is 1. The van der Waals surface area contributed by atoms with Gasteiger partial charge in [-0.2, -0.15) is 0 Å². The molecular weight excluding hydrogens is 385 g/mol. The number of carbonyl (C=O) groups is 1. The summed E-state index contributed by atoms with van der Waals surface area (Å²) in [7, 11) is 0. The average Bonchev–Trinajstić information content (AvgIpc) is 2.92. The third kappa shape index (κ3) is 4.96. The van der Waals surface area contributed by atoms with E-state index in [4.69, 9.17) is 11.6 Å². The van der Waals surface area contributed by atoms with E-state index in [-0.39, 0.29) is 16.7 Å². The normalized spacial score (nSPS) is 15.3. The summed E-state index contributed by atoms with van der Waals surface area (Å²) in [5.41, 5.74) is 2.84. The third-order valence-corrected chi connectivity index (χ3v) is 5.09. The number of hydrogen-bond donors (Lipinski definition) is 1. The smallest absolute Gasteiger partial charge is 0.234 e. The van der Waals surface area contributed by atoms with Crippen molar-refractivity contribution in [3.05, 3.63) is 64.4 Å². The van der Waals surface area contributed by atoms with Crippen molar-refractivity contribution in [2.75, 3.05) is 11.1 Å². The molecule has 140 valence electrons. The molecule has 0 aliphatic carbocycles. The van der Waals surface area contributed by atoms with Crippen molar-refractivity contribution in [2.45, 2.75) is 26.4 Å². The number of benzene rings is 2. The second-order valence-electron chi connectivity index (χ2n) is 6.70. The summed E-state index contributed by atoms with van der Waals surface area (Å²) in [5.74, 6) is -0.585. The SMILES string of the molecule is Cc1ccc(C2=NC(C)(C)N=C2SCC(=O)Nc2ccc(F)c(Cl)c2)cc1. The average molecular weight is 404 g/mol. The Morgan fingerprint density at radius 2 is 1.89 bits per heavy atom. The fourth-order valence-corrected chi connectivity index (χ4v) is 3.66. The lowest BCUT2D eigenvalue weighted by Crippen LogP contribution is -2.17. The zero-order chi connectivity index (χ0) is 19.6. The van der Waals surface area contributed by atoms with Gasteiger partial charge in [-0.05, 0) is 39.0 Å². The summed E-state index contributed by atoms with van der Waals surface area (Å²) in [5, 5.41) is 3.41. The van der Waals surface area contributed by atoms with E-state index in [2.05, 4.69) is 15.3 Å². The van der Waals surface area contributed by atoms with Crippen molar-refractivity contribution in [3.8, 4) is 0 Å². The molecule has 1 amide bonds. The highest BCUT2D eigenvalue weighted by Crippen LogP contribution is 2.27. The number of nitrogens with one attached hydrogen (secondary N) is 1. The highest BCUT2D eigenvalue weighted by atomic mass is 35.5. The monoisotopic (exact) mass is 403 g/mol. The van der Waals surface area contributed by atoms with Crippen LogP contribution in [0.1, 0.15) is 25.0 Å². The first kappa shape index (κ1) is 19.6. The van der Waals surface area contributed by atoms with E-state index >= 15 is 0 Å². The highest BCUT2D eigenvalue weighted by molar-refractivity contribution is 8.16. The van der Waals surface area contributed by atoms with Crippen LogP contribution >= 0.6 is 23.4 Å². The molecule has 7 heteroatoms. The van der Waals surface area contributed by atoms with Crippen molar-refractivity contribution in [3.63, 3.8) is 0 Å². The molecule has 2 aromatic carbocycles. The van der Waals surface area contributed by atoms with Crippen molar-refractivity contribution in [2.24, 2.45) is 9.98 Å². The van der Waals surface area contributed by atoms with Crippen LogP contribution in [0.5, 0.6) is 0 Å². The summed E-state index contributed by atoms with van der Waals surface area (Å²) in [6, 6.07) is 12.1. The minimum Gasteiger partial charge on any atom is -0.325 e. The molecule has 0 spiro atoms. The maximum absolute atomic E-state index is 13.2. The van der Waals surface area contributed by atoms with Crippen LogP contribution in [-0.4, -0.2) is 28.1 Å². The Morgan fingerprint density at radius 3 is 2.56 bits per heavy atom. The first-order valence-corrected chi connectivity index (χ1v) is 9.75. The maximum Gasteiger partial charge on any atom is 0.234 e. The minimum absolute atomic E-state index is 0.0313. The maximum atomic E-state index is 13.2. The number of amides is 1. The van der Waals surface area contributed by atoms with Gasteiger partial charge in [0.15, 0.2) is 0 Å². The van der Waals surface area contributed by atoms with Gasteiger partial charge in [0.25, 0.3) is 0 Å². The highest BCUT2D eigenvalue weighted by Gasteiger charge is 2.28. The summed E-state index contributed by atoms with van der Waals surface area (Å²) >= 11 is 7.07. The van der Waals surface area contributed by atoms with Crippen LogP contribution in [0, 0.1) is 12.7 Å². The lowest BCUT2D eigenvalue weighted by molar-refractivity contribution is -0.113. The van der Waals surface area contributed by atoms with Gasteiger partial charge in [-0.1, -0.05) is 53.2 Å². The van der Waals surface area contributed by atoms with E-state index in [9.17, 15) is 9.18 Å². The summed E-state index contributed by atoms with van der Waals surface area (Å²) in [4.78, 5) is 21.6. The molecule has 1 aliphatic rings. The molecule has 1 N–H and O–H groups in total. The van der Waals surface area contributed by atoms with Gasteiger partial charge < -0.3 is 5.32 Å². The van der Waals surface area contributed by atoms with E-state index < -0.39 is 11.5 Å². The number of aliphatic imine (C=N–C) groups is 2. The molecule has 1 heterocycles. The summed E-state index contributed by atoms with van der Waals surface area (Å²) in [6.45, 7) is 5.88. The number of halogens is 2. The second kappa shape index (κ2) is 7.82. The molecule has 27 heavy (non-hydrogen) atoms. The van der Waals surface area contributed by atoms with Crippen LogP contribution in [0.3, 0.4) is 0 Å². The molecule has 2 aromatic rings. The second-order valence-corrected chi connectivity index (χ2v) is 8.07. The lowest BCUT2D eigenvalue weighted by Gasteiger charge is -2.08. The molecule has 0 fully saturated rings. The Kier molecular flexibility index (Phi) is 5.67. The largest absolute Gasteiger partial charge is 0.325 e. The van der Waals surface area contributed by atoms with Gasteiger partial charge in [-0.15, -0.1) is 0 Å². The van der Waals surface area contributed by atoms with Crippen LogP contribution in [-0.2, 0) is 4.79 Å². The first-order chi connectivity index (χ1) is 12.7. The molecule has 0 unspecified atom stereocenters. The first-order valence-electron chi connectivity index (χ1n) is 8.38. The molecular formula is C20H19ClFN3OS. The molecule has 0 bridgehead atoms. The van der Waals surface area contributed by atoms with Crippen molar-refractivity contribution >= 4 is 45.7 Å². The summed E-state index contributed by atoms with van der Waals surface area (Å²) < 4.78 is 13.2. The standard InChI is InChI=1S/C20H19ClFN3OS/c1-12-4-6-13(7-5-12)18-19(25-20(2,3)24-18)27-11-17(26)23-14-8-9-16(22)15(21)10-14/h4-10H,11H2,1-3H3,(H,23,26). The van der Waals surface area contributed by atoms with E-state index in [1.54, 1.807) is 0 Å². The van der Waals surface area contributed by atoms with E-state index in [1.807, 2.05) is 45.0 Å². The van der Waals surface area contributed by atoms with E-state index in [0.717, 1.165) is 16.3 Å². The van der Waals surface area contributed by atoms with Crippen LogP contribution in [0.2, 0.25) is 5.02 Å². The molecule has 3 rings (SSSR count). The van der Waals surface area contributed by atoms with Crippen LogP contribution < -0.4 is 5.32 Å². The van der Waals surface area contributed by atoms with Gasteiger partial charge >= 0.3 is 0 Å². The molecule has 0 saturated carbocycles. The van der Waals surface area contributed by atoms with Gasteiger partial charge in [0.05, 0.1) is 16.5 Å². The van der Waals surface area contributed by atoms with Crippen molar-refractivity contribution in [1.82, 2.24) is 0 Å². The Balaban J connectivity index is 1.68. The molecule has 0 atom stereocenters. The number of rotatable bonds is 4. The predicted molar refractivity (Wildman–Crippen MR) is 112 cm³/mol. The number of nitrogens with zero attached hydrogens (tertiary/aromatic N) is 2. The van der Waals surface area contributed by atoms with Crippen LogP contribution in [0.25, 0.3) is 0 Å². The van der Waals surface area contributed by atoms with Gasteiger partial charge in [0.2, 0.25) is 5.91 Å². The van der Waals surface area contributed by atoms with Gasteiger partial charge in [0.1, 0.15) is 16.5 Å². The van der Waals surface area contributed by atoms with Gasteiger partial charge in [-0.3, -0.25) is 9.79 Å². The molecule has 4 nitrogen and oxygen atoms in total. The fourth-order valence-electron chi connectivity index (χ4n) is 2.55.